The lowest BCUT2D eigenvalue weighted by atomic mass is 10.1. The number of hydrogen-bond acceptors (Lipinski definition) is 3. The first kappa shape index (κ1) is 14.4. The first-order valence-corrected chi connectivity index (χ1v) is 5.68. The second-order valence-electron chi connectivity index (χ2n) is 4.11. The van der Waals surface area contributed by atoms with Gasteiger partial charge in [-0.05, 0) is 24.3 Å². The summed E-state index contributed by atoms with van der Waals surface area (Å²) in [7, 11) is 0. The van der Waals surface area contributed by atoms with Gasteiger partial charge in [0.1, 0.15) is 17.5 Å². The highest BCUT2D eigenvalue weighted by Crippen LogP contribution is 2.20. The third-order valence-electron chi connectivity index (χ3n) is 2.68. The van der Waals surface area contributed by atoms with Gasteiger partial charge in [0, 0.05) is 6.07 Å². The highest BCUT2D eigenvalue weighted by Gasteiger charge is 2.16. The molecule has 0 aliphatic carbocycles. The Bertz CT molecular complexity index is 769. The Morgan fingerprint density at radius 3 is 2.43 bits per heavy atom. The summed E-state index contributed by atoms with van der Waals surface area (Å²) in [4.78, 5) is 11.8. The summed E-state index contributed by atoms with van der Waals surface area (Å²) in [6.07, 6.45) is 0. The molecule has 2 aromatic carbocycles. The molecule has 0 aliphatic rings. The van der Waals surface area contributed by atoms with Crippen molar-refractivity contribution < 1.29 is 18.0 Å². The second kappa shape index (κ2) is 5.54. The minimum atomic E-state index is -1.12. The Morgan fingerprint density at radius 1 is 1.10 bits per heavy atom. The zero-order chi connectivity index (χ0) is 15.6. The van der Waals surface area contributed by atoms with E-state index in [0.717, 1.165) is 18.2 Å². The maximum Gasteiger partial charge on any atom is 0.258 e. The fourth-order valence-electron chi connectivity index (χ4n) is 1.62. The average molecular weight is 291 g/mol. The standard InChI is InChI=1S/C14H8F3N3O/c15-9-5-10(16)12(19)4-8(9)14(21)20-13-2-1-7(6-18)3-11(13)17/h1-5H,19H2,(H,20,21). The molecule has 0 radical (unpaired) electrons. The molecule has 7 heteroatoms. The summed E-state index contributed by atoms with van der Waals surface area (Å²) in [5.41, 5.74) is 4.18. The number of nitriles is 1. The van der Waals surface area contributed by atoms with Crippen molar-refractivity contribution in [2.75, 3.05) is 11.1 Å². The Hall–Kier alpha value is -3.01. The van der Waals surface area contributed by atoms with Gasteiger partial charge < -0.3 is 11.1 Å². The lowest BCUT2D eigenvalue weighted by molar-refractivity contribution is 0.102. The molecule has 0 fully saturated rings. The van der Waals surface area contributed by atoms with Crippen LogP contribution in [-0.4, -0.2) is 5.91 Å². The van der Waals surface area contributed by atoms with Crippen molar-refractivity contribution in [3.05, 3.63) is 58.9 Å². The molecule has 0 atom stereocenters. The van der Waals surface area contributed by atoms with E-state index >= 15 is 0 Å². The molecular formula is C14H8F3N3O. The predicted octanol–water partition coefficient (Wildman–Crippen LogP) is 2.81. The van der Waals surface area contributed by atoms with Crippen LogP contribution in [0.2, 0.25) is 0 Å². The number of nitrogens with one attached hydrogen (secondary N) is 1. The van der Waals surface area contributed by atoms with Crippen molar-refractivity contribution in [2.45, 2.75) is 0 Å². The van der Waals surface area contributed by atoms with Crippen LogP contribution in [0.25, 0.3) is 0 Å². The number of nitrogens with zero attached hydrogens (tertiary/aromatic N) is 1. The third kappa shape index (κ3) is 2.95. The van der Waals surface area contributed by atoms with Gasteiger partial charge in [-0.3, -0.25) is 4.79 Å². The van der Waals surface area contributed by atoms with E-state index in [1.54, 1.807) is 6.07 Å². The summed E-state index contributed by atoms with van der Waals surface area (Å²) in [6, 6.07) is 6.40. The maximum atomic E-state index is 13.6. The van der Waals surface area contributed by atoms with Crippen LogP contribution in [0.15, 0.2) is 30.3 Å². The highest BCUT2D eigenvalue weighted by molar-refractivity contribution is 6.05. The van der Waals surface area contributed by atoms with Crippen LogP contribution in [0.1, 0.15) is 15.9 Å². The van der Waals surface area contributed by atoms with E-state index in [0.29, 0.717) is 6.07 Å². The Balaban J connectivity index is 2.31. The number of nitrogens with two attached hydrogens (primary N) is 1. The Morgan fingerprint density at radius 2 is 1.81 bits per heavy atom. The van der Waals surface area contributed by atoms with Gasteiger partial charge in [0.05, 0.1) is 28.6 Å². The number of carbonyl (C=O) groups excluding carboxylic acids is 1. The number of hydrogen-bond donors (Lipinski definition) is 2. The van der Waals surface area contributed by atoms with Crippen molar-refractivity contribution in [3.63, 3.8) is 0 Å². The number of halogens is 3. The smallest absolute Gasteiger partial charge is 0.258 e. The van der Waals surface area contributed by atoms with Crippen LogP contribution in [-0.2, 0) is 0 Å². The fraction of sp³-hybridized carbons (Fsp3) is 0. The van der Waals surface area contributed by atoms with Crippen LogP contribution in [0.3, 0.4) is 0 Å². The summed E-state index contributed by atoms with van der Waals surface area (Å²) in [6.45, 7) is 0. The molecule has 0 spiro atoms. The molecule has 0 saturated carbocycles. The van der Waals surface area contributed by atoms with E-state index < -0.39 is 34.6 Å². The van der Waals surface area contributed by atoms with E-state index in [-0.39, 0.29) is 11.3 Å². The predicted molar refractivity (Wildman–Crippen MR) is 69.8 cm³/mol. The van der Waals surface area contributed by atoms with Gasteiger partial charge in [0.25, 0.3) is 5.91 Å². The van der Waals surface area contributed by atoms with Crippen molar-refractivity contribution >= 4 is 17.3 Å². The summed E-state index contributed by atoms with van der Waals surface area (Å²) >= 11 is 0. The van der Waals surface area contributed by atoms with Crippen LogP contribution >= 0.6 is 0 Å². The van der Waals surface area contributed by atoms with Crippen molar-refractivity contribution in [3.8, 4) is 6.07 Å². The number of amides is 1. The number of rotatable bonds is 2. The van der Waals surface area contributed by atoms with Gasteiger partial charge in [-0.15, -0.1) is 0 Å². The monoisotopic (exact) mass is 291 g/mol. The molecule has 0 bridgehead atoms. The molecular weight excluding hydrogens is 283 g/mol. The molecule has 2 aromatic rings. The van der Waals surface area contributed by atoms with Crippen LogP contribution in [0.4, 0.5) is 24.5 Å². The van der Waals surface area contributed by atoms with Gasteiger partial charge in [-0.1, -0.05) is 0 Å². The fourth-order valence-corrected chi connectivity index (χ4v) is 1.62. The van der Waals surface area contributed by atoms with Crippen molar-refractivity contribution in [1.82, 2.24) is 0 Å². The van der Waals surface area contributed by atoms with E-state index in [2.05, 4.69) is 5.32 Å². The van der Waals surface area contributed by atoms with Gasteiger partial charge in [-0.2, -0.15) is 5.26 Å². The van der Waals surface area contributed by atoms with E-state index in [4.69, 9.17) is 11.0 Å². The third-order valence-corrected chi connectivity index (χ3v) is 2.68. The minimum absolute atomic E-state index is 0.0720. The summed E-state index contributed by atoms with van der Waals surface area (Å²) in [5, 5.41) is 10.7. The van der Waals surface area contributed by atoms with Crippen molar-refractivity contribution in [1.29, 1.82) is 5.26 Å². The zero-order valence-electron chi connectivity index (χ0n) is 10.5. The first-order valence-electron chi connectivity index (χ1n) is 5.68. The number of benzene rings is 2. The molecule has 4 nitrogen and oxygen atoms in total. The van der Waals surface area contributed by atoms with Gasteiger partial charge >= 0.3 is 0 Å². The molecule has 0 unspecified atom stereocenters. The van der Waals surface area contributed by atoms with Gasteiger partial charge in [0.15, 0.2) is 0 Å². The molecule has 0 saturated heterocycles. The molecule has 0 heterocycles. The van der Waals surface area contributed by atoms with E-state index in [1.807, 2.05) is 0 Å². The topological polar surface area (TPSA) is 78.9 Å². The molecule has 3 N–H and O–H groups in total. The zero-order valence-corrected chi connectivity index (χ0v) is 10.5. The SMILES string of the molecule is N#Cc1ccc(NC(=O)c2cc(N)c(F)cc2F)c(F)c1. The number of nitrogen functional groups attached to an aromatic ring is 1. The van der Waals surface area contributed by atoms with E-state index in [9.17, 15) is 18.0 Å². The van der Waals surface area contributed by atoms with Crippen molar-refractivity contribution in [2.24, 2.45) is 0 Å². The average Bonchev–Trinajstić information content (AvgIpc) is 2.44. The Labute approximate surface area is 117 Å². The molecule has 0 aliphatic heterocycles. The normalized spacial score (nSPS) is 10.0. The van der Waals surface area contributed by atoms with Gasteiger partial charge in [-0.25, -0.2) is 13.2 Å². The molecule has 1 amide bonds. The molecule has 0 aromatic heterocycles. The lowest BCUT2D eigenvalue weighted by Crippen LogP contribution is -2.15. The quantitative estimate of drug-likeness (QED) is 0.835. The first-order chi connectivity index (χ1) is 9.92. The maximum absolute atomic E-state index is 13.6. The van der Waals surface area contributed by atoms with Crippen LogP contribution in [0.5, 0.6) is 0 Å². The van der Waals surface area contributed by atoms with Gasteiger partial charge in [0.2, 0.25) is 0 Å². The summed E-state index contributed by atoms with van der Waals surface area (Å²) in [5.74, 6) is -3.94. The largest absolute Gasteiger partial charge is 0.396 e. The number of anilines is 2. The van der Waals surface area contributed by atoms with Crippen LogP contribution in [0, 0.1) is 28.8 Å². The Kier molecular flexibility index (Phi) is 3.80. The number of carbonyl (C=O) groups is 1. The summed E-state index contributed by atoms with van der Waals surface area (Å²) < 4.78 is 40.1. The minimum Gasteiger partial charge on any atom is -0.396 e. The lowest BCUT2D eigenvalue weighted by Gasteiger charge is -2.08. The van der Waals surface area contributed by atoms with E-state index in [1.165, 1.54) is 6.07 Å². The molecule has 106 valence electrons. The van der Waals surface area contributed by atoms with Crippen LogP contribution < -0.4 is 11.1 Å². The molecule has 21 heavy (non-hydrogen) atoms. The second-order valence-corrected chi connectivity index (χ2v) is 4.11. The molecule has 2 rings (SSSR count). The highest BCUT2D eigenvalue weighted by atomic mass is 19.1.